The van der Waals surface area contributed by atoms with Crippen molar-refractivity contribution in [2.24, 2.45) is 0 Å². The van der Waals surface area contributed by atoms with Crippen molar-refractivity contribution in [1.82, 2.24) is 14.4 Å². The molecule has 313 valence electrons. The quantitative estimate of drug-likeness (QED) is 0.101. The fraction of sp³-hybridized carbons (Fsp3) is 0.0508. The number of para-hydroxylation sites is 2. The van der Waals surface area contributed by atoms with E-state index >= 15 is 0 Å². The number of benzene rings is 9. The van der Waals surface area contributed by atoms with E-state index in [1.165, 1.54) is 47.5 Å². The van der Waals surface area contributed by atoms with E-state index in [0.717, 1.165) is 71.9 Å². The molecule has 4 aromatic heterocycles. The van der Waals surface area contributed by atoms with Crippen molar-refractivity contribution in [3.63, 3.8) is 0 Å². The van der Waals surface area contributed by atoms with Crippen LogP contribution in [0, 0.1) is 12.1 Å². The van der Waals surface area contributed by atoms with Crippen molar-refractivity contribution < 1.29 is 24.5 Å². The zero-order valence-corrected chi connectivity index (χ0v) is 40.6. The van der Waals surface area contributed by atoms with Gasteiger partial charge >= 0.3 is 164 Å². The van der Waals surface area contributed by atoms with Gasteiger partial charge in [-0.2, -0.15) is 0 Å². The van der Waals surface area contributed by atoms with Crippen LogP contribution in [0.4, 0.5) is 0 Å². The van der Waals surface area contributed by atoms with Crippen LogP contribution >= 0.6 is 0 Å². The molecular weight excluding hydrogens is 1030 g/mol. The fourth-order valence-corrected chi connectivity index (χ4v) is 12.0. The molecule has 4 heterocycles. The fourth-order valence-electron chi connectivity index (χ4n) is 9.56. The number of fused-ring (bicyclic) bond motifs is 13. The van der Waals surface area contributed by atoms with Crippen LogP contribution < -0.4 is 4.40 Å². The maximum Gasteiger partial charge on any atom is 0.0160 e. The Labute approximate surface area is 392 Å². The number of imidazole rings is 1. The molecule has 13 rings (SSSR count). The first-order valence-electron chi connectivity index (χ1n) is 21.8. The Morgan fingerprint density at radius 2 is 1.18 bits per heavy atom. The van der Waals surface area contributed by atoms with Crippen LogP contribution in [-0.2, 0) is 20.1 Å². The third-order valence-electron chi connectivity index (χ3n) is 12.7. The smallest absolute Gasteiger partial charge is 0.0160 e. The molecule has 0 aliphatic rings. The SMILES string of the molecule is [CH3][Ge]([CH3])([CH3])[c]1ccc2c(ccc3cc4c(cc32)oc2c(-c3nc5cccc6c7ccccc7c7ccccc7c7ccccc7n3c56)[c-]ccc24)c1.[Ir].[c-]1ccccc1-c1ccccn1. The maximum absolute atomic E-state index is 6.92. The van der Waals surface area contributed by atoms with Crippen molar-refractivity contribution in [2.75, 3.05) is 0 Å². The molecule has 4 nitrogen and oxygen atoms in total. The molecule has 0 bridgehead atoms. The van der Waals surface area contributed by atoms with Crippen molar-refractivity contribution in [3.8, 4) is 22.6 Å². The van der Waals surface area contributed by atoms with E-state index < -0.39 is 13.3 Å². The third kappa shape index (κ3) is 6.94. The zero-order valence-electron chi connectivity index (χ0n) is 36.1. The van der Waals surface area contributed by atoms with Crippen LogP contribution in [0.5, 0.6) is 0 Å². The molecule has 0 saturated carbocycles. The van der Waals surface area contributed by atoms with E-state index in [1.807, 2.05) is 48.5 Å². The molecule has 0 unspecified atom stereocenters. The van der Waals surface area contributed by atoms with Gasteiger partial charge in [-0.05, 0) is 45.4 Å². The van der Waals surface area contributed by atoms with Crippen LogP contribution in [0.2, 0.25) is 17.3 Å². The second-order valence-electron chi connectivity index (χ2n) is 17.6. The first kappa shape index (κ1) is 40.9. The van der Waals surface area contributed by atoms with E-state index in [2.05, 4.69) is 178 Å². The number of hydrogen-bond acceptors (Lipinski definition) is 3. The second-order valence-corrected chi connectivity index (χ2v) is 28.2. The number of nitrogens with zero attached hydrogens (tertiary/aromatic N) is 3. The first-order chi connectivity index (χ1) is 31.4. The van der Waals surface area contributed by atoms with Crippen molar-refractivity contribution >= 4 is 110 Å². The topological polar surface area (TPSA) is 43.3 Å². The Kier molecular flexibility index (Phi) is 10.2. The van der Waals surface area contributed by atoms with E-state index in [4.69, 9.17) is 9.40 Å². The predicted molar refractivity (Wildman–Crippen MR) is 272 cm³/mol. The van der Waals surface area contributed by atoms with Gasteiger partial charge in [-0.3, -0.25) is 0 Å². The minimum Gasteiger partial charge on any atom is -0.305 e. The largest absolute Gasteiger partial charge is 0.305 e. The van der Waals surface area contributed by atoms with Gasteiger partial charge in [0, 0.05) is 42.6 Å². The molecule has 0 aliphatic heterocycles. The van der Waals surface area contributed by atoms with Crippen LogP contribution in [-0.4, -0.2) is 27.6 Å². The van der Waals surface area contributed by atoms with Crippen LogP contribution in [0.3, 0.4) is 0 Å². The summed E-state index contributed by atoms with van der Waals surface area (Å²) in [4.78, 5) is 9.63. The molecule has 0 N–H and O–H groups in total. The van der Waals surface area contributed by atoms with Gasteiger partial charge in [-0.15, -0.1) is 35.9 Å². The molecule has 1 radical (unpaired) electrons. The molecule has 0 atom stereocenters. The van der Waals surface area contributed by atoms with Crippen molar-refractivity contribution in [3.05, 3.63) is 206 Å². The summed E-state index contributed by atoms with van der Waals surface area (Å²) >= 11 is -1.97. The minimum atomic E-state index is -1.97. The monoisotopic (exact) mass is 1070 g/mol. The third-order valence-corrected chi connectivity index (χ3v) is 17.0. The average Bonchev–Trinajstić information content (AvgIpc) is 3.93. The number of rotatable bonds is 3. The molecule has 65 heavy (non-hydrogen) atoms. The Morgan fingerprint density at radius 1 is 0.508 bits per heavy atom. The summed E-state index contributed by atoms with van der Waals surface area (Å²) in [5, 5.41) is 14.2. The molecule has 6 heteroatoms. The van der Waals surface area contributed by atoms with Crippen molar-refractivity contribution in [2.45, 2.75) is 17.3 Å². The number of furan rings is 1. The first-order valence-corrected chi connectivity index (χ1v) is 29.2. The normalized spacial score (nSPS) is 11.8. The Bertz CT molecular complexity index is 3970. The summed E-state index contributed by atoms with van der Waals surface area (Å²) in [6.45, 7) is 0. The van der Waals surface area contributed by atoms with E-state index in [9.17, 15) is 0 Å². The van der Waals surface area contributed by atoms with Gasteiger partial charge < -0.3 is 4.98 Å². The number of aromatic nitrogens is 3. The summed E-state index contributed by atoms with van der Waals surface area (Å²) in [7, 11) is 0. The summed E-state index contributed by atoms with van der Waals surface area (Å²) in [5.41, 5.74) is 7.61. The summed E-state index contributed by atoms with van der Waals surface area (Å²) in [5.74, 6) is 8.17. The molecular formula is C59H41GeIrN3O-2. The standard InChI is InChI=1S/C48H33GeN2O.C11H8N.Ir/c1-49(2,3)31-24-25-32-29(26-31)22-23-30-27-42-39-18-10-19-40(47(39)52-45(42)28-41(30)32)48-50-43-20-11-17-38-36-15-7-5-13-34(36)33-12-4-6-14-35(33)37-16-8-9-21-44(37)51(48)46(38)43;1-2-6-10(7-3-1)11-8-4-5-9-12-11;/h4-18,20-28H,1-3H3;1-6,8-9H;/q2*-1;. The Hall–Kier alpha value is -6.89. The van der Waals surface area contributed by atoms with Gasteiger partial charge in [0.05, 0.1) is 11.0 Å². The average molecular weight is 1070 g/mol. The second kappa shape index (κ2) is 16.3. The van der Waals surface area contributed by atoms with Crippen LogP contribution in [0.15, 0.2) is 199 Å². The Morgan fingerprint density at radius 3 is 1.91 bits per heavy atom. The van der Waals surface area contributed by atoms with Gasteiger partial charge in [0.2, 0.25) is 0 Å². The predicted octanol–water partition coefficient (Wildman–Crippen LogP) is 15.3. The van der Waals surface area contributed by atoms with E-state index in [1.54, 1.807) is 6.20 Å². The maximum atomic E-state index is 6.92. The van der Waals surface area contributed by atoms with Gasteiger partial charge in [0.15, 0.2) is 0 Å². The zero-order chi connectivity index (χ0) is 42.9. The van der Waals surface area contributed by atoms with Gasteiger partial charge in [0.1, 0.15) is 0 Å². The van der Waals surface area contributed by atoms with E-state index in [0.29, 0.717) is 0 Å². The summed E-state index contributed by atoms with van der Waals surface area (Å²) < 4.78 is 10.8. The van der Waals surface area contributed by atoms with Gasteiger partial charge in [-0.25, -0.2) is 0 Å². The molecule has 0 saturated heterocycles. The molecule has 13 aromatic rings. The molecule has 0 fully saturated rings. The van der Waals surface area contributed by atoms with Crippen molar-refractivity contribution in [1.29, 1.82) is 0 Å². The summed E-state index contributed by atoms with van der Waals surface area (Å²) in [6, 6.07) is 73.4. The van der Waals surface area contributed by atoms with Crippen LogP contribution in [0.25, 0.3) is 115 Å². The summed E-state index contributed by atoms with van der Waals surface area (Å²) in [6.07, 6.45) is 1.79. The molecule has 9 aromatic carbocycles. The number of hydrogen-bond donors (Lipinski definition) is 0. The molecule has 0 spiro atoms. The van der Waals surface area contributed by atoms with Gasteiger partial charge in [0.25, 0.3) is 0 Å². The van der Waals surface area contributed by atoms with E-state index in [-0.39, 0.29) is 20.1 Å². The minimum absolute atomic E-state index is 0. The van der Waals surface area contributed by atoms with Crippen LogP contribution in [0.1, 0.15) is 0 Å². The Balaban J connectivity index is 0.000000313. The molecule has 0 aliphatic carbocycles. The van der Waals surface area contributed by atoms with Gasteiger partial charge in [-0.1, -0.05) is 91.0 Å². The number of pyridine rings is 1. The molecule has 0 amide bonds.